The molecule has 2 aromatic heterocycles. The Kier molecular flexibility index (Phi) is 4.80. The minimum absolute atomic E-state index is 0.0718. The number of aliphatic hydroxyl groups excluding tert-OH is 1. The second-order valence-corrected chi connectivity index (χ2v) is 7.75. The quantitative estimate of drug-likeness (QED) is 0.848. The zero-order valence-corrected chi connectivity index (χ0v) is 15.6. The van der Waals surface area contributed by atoms with Crippen LogP contribution in [0.5, 0.6) is 0 Å². The van der Waals surface area contributed by atoms with E-state index in [9.17, 15) is 9.90 Å². The summed E-state index contributed by atoms with van der Waals surface area (Å²) in [6.07, 6.45) is 8.76. The number of nitrogens with zero attached hydrogens (tertiary/aromatic N) is 3. The lowest BCUT2D eigenvalue weighted by atomic mass is 10.0. The Morgan fingerprint density at radius 1 is 1.40 bits per heavy atom. The average molecular weight is 408 g/mol. The molecule has 1 aliphatic heterocycles. The predicted molar refractivity (Wildman–Crippen MR) is 99.4 cm³/mol. The normalized spacial score (nSPS) is 24.5. The van der Waals surface area contributed by atoms with Gasteiger partial charge in [-0.3, -0.25) is 4.57 Å². The van der Waals surface area contributed by atoms with Gasteiger partial charge in [0.15, 0.2) is 5.65 Å². The zero-order chi connectivity index (χ0) is 17.4. The van der Waals surface area contributed by atoms with Gasteiger partial charge in [-0.2, -0.15) is 0 Å². The van der Waals surface area contributed by atoms with E-state index in [1.807, 2.05) is 6.07 Å². The van der Waals surface area contributed by atoms with Crippen LogP contribution in [0.1, 0.15) is 38.5 Å². The third kappa shape index (κ3) is 3.32. The van der Waals surface area contributed by atoms with Crippen molar-refractivity contribution in [3.8, 4) is 0 Å². The van der Waals surface area contributed by atoms with E-state index < -0.39 is 0 Å². The van der Waals surface area contributed by atoms with Gasteiger partial charge in [0.25, 0.3) is 0 Å². The number of halogens is 1. The molecular formula is C18H22BrN3O3. The van der Waals surface area contributed by atoms with E-state index in [2.05, 4.69) is 27.0 Å². The first kappa shape index (κ1) is 17.0. The Balaban J connectivity index is 1.80. The Bertz CT molecular complexity index is 870. The number of aliphatic hydroxyl groups is 1. The Labute approximate surface area is 154 Å². The predicted octanol–water partition coefficient (Wildman–Crippen LogP) is 2.92. The van der Waals surface area contributed by atoms with Gasteiger partial charge >= 0.3 is 5.69 Å². The van der Waals surface area contributed by atoms with Crippen molar-refractivity contribution in [3.05, 3.63) is 33.3 Å². The second kappa shape index (κ2) is 7.05. The van der Waals surface area contributed by atoms with E-state index in [1.165, 1.54) is 6.42 Å². The van der Waals surface area contributed by atoms with Crippen LogP contribution < -0.4 is 5.69 Å². The molecule has 2 atom stereocenters. The minimum Gasteiger partial charge on any atom is -0.393 e. The van der Waals surface area contributed by atoms with Crippen LogP contribution in [0.4, 0.5) is 0 Å². The van der Waals surface area contributed by atoms with Crippen LogP contribution in [0.3, 0.4) is 0 Å². The van der Waals surface area contributed by atoms with Crippen molar-refractivity contribution in [1.82, 2.24) is 14.1 Å². The van der Waals surface area contributed by atoms with E-state index in [0.717, 1.165) is 34.9 Å². The Morgan fingerprint density at radius 3 is 3.04 bits per heavy atom. The van der Waals surface area contributed by atoms with Gasteiger partial charge in [0.2, 0.25) is 0 Å². The van der Waals surface area contributed by atoms with Gasteiger partial charge < -0.3 is 9.84 Å². The van der Waals surface area contributed by atoms with E-state index in [-0.39, 0.29) is 17.9 Å². The molecule has 1 aliphatic carbocycles. The fourth-order valence-electron chi connectivity index (χ4n) is 3.76. The lowest BCUT2D eigenvalue weighted by Gasteiger charge is -2.26. The summed E-state index contributed by atoms with van der Waals surface area (Å²) in [5.74, 6) is 0. The maximum Gasteiger partial charge on any atom is 0.334 e. The molecule has 134 valence electrons. The van der Waals surface area contributed by atoms with Crippen molar-refractivity contribution in [1.29, 1.82) is 0 Å². The number of hydrogen-bond acceptors (Lipinski definition) is 4. The number of rotatable bonds is 3. The highest BCUT2D eigenvalue weighted by Crippen LogP contribution is 2.26. The largest absolute Gasteiger partial charge is 0.393 e. The van der Waals surface area contributed by atoms with Crippen molar-refractivity contribution in [2.24, 2.45) is 0 Å². The lowest BCUT2D eigenvalue weighted by Crippen LogP contribution is -2.35. The zero-order valence-electron chi connectivity index (χ0n) is 14.0. The monoisotopic (exact) mass is 407 g/mol. The first-order valence-corrected chi connectivity index (χ1v) is 9.68. The fourth-order valence-corrected chi connectivity index (χ4v) is 4.08. The first-order chi connectivity index (χ1) is 12.1. The summed E-state index contributed by atoms with van der Waals surface area (Å²) in [4.78, 5) is 17.7. The molecule has 0 bridgehead atoms. The van der Waals surface area contributed by atoms with Crippen molar-refractivity contribution in [2.75, 3.05) is 6.61 Å². The summed E-state index contributed by atoms with van der Waals surface area (Å²) in [7, 11) is 0. The SMILES string of the molecule is O=c1n(C[C@H]2C[C@@H](O)CCO2)c2cc(Br)cnc2n1C1=CCCCC1. The topological polar surface area (TPSA) is 69.3 Å². The van der Waals surface area contributed by atoms with E-state index in [4.69, 9.17) is 4.74 Å². The molecule has 0 amide bonds. The van der Waals surface area contributed by atoms with Crippen molar-refractivity contribution >= 4 is 32.8 Å². The highest BCUT2D eigenvalue weighted by Gasteiger charge is 2.25. The van der Waals surface area contributed by atoms with Crippen molar-refractivity contribution in [2.45, 2.75) is 57.3 Å². The van der Waals surface area contributed by atoms with Crippen LogP contribution in [-0.2, 0) is 11.3 Å². The summed E-state index contributed by atoms with van der Waals surface area (Å²) < 4.78 is 10.1. The first-order valence-electron chi connectivity index (χ1n) is 8.89. The number of pyridine rings is 1. The molecule has 2 aliphatic rings. The van der Waals surface area contributed by atoms with Crippen LogP contribution in [0.2, 0.25) is 0 Å². The maximum absolute atomic E-state index is 13.2. The van der Waals surface area contributed by atoms with Gasteiger partial charge in [-0.1, -0.05) is 6.08 Å². The summed E-state index contributed by atoms with van der Waals surface area (Å²) in [6, 6.07) is 1.93. The summed E-state index contributed by atoms with van der Waals surface area (Å²) >= 11 is 3.46. The Hall–Kier alpha value is -1.44. The molecule has 6 nitrogen and oxygen atoms in total. The third-order valence-electron chi connectivity index (χ3n) is 5.02. The minimum atomic E-state index is -0.353. The highest BCUT2D eigenvalue weighted by atomic mass is 79.9. The van der Waals surface area contributed by atoms with Crippen LogP contribution >= 0.6 is 15.9 Å². The Morgan fingerprint density at radius 2 is 2.28 bits per heavy atom. The molecule has 1 fully saturated rings. The number of ether oxygens (including phenoxy) is 1. The molecule has 2 aromatic rings. The molecule has 3 heterocycles. The molecule has 4 rings (SSSR count). The lowest BCUT2D eigenvalue weighted by molar-refractivity contribution is -0.0496. The molecule has 1 N–H and O–H groups in total. The van der Waals surface area contributed by atoms with E-state index >= 15 is 0 Å². The van der Waals surface area contributed by atoms with Crippen LogP contribution in [0.25, 0.3) is 16.9 Å². The fraction of sp³-hybridized carbons (Fsp3) is 0.556. The number of imidazole rings is 1. The standard InChI is InChI=1S/C18H22BrN3O3/c19-12-8-16-17(20-10-12)22(13-4-2-1-3-5-13)18(24)21(16)11-15-9-14(23)6-7-25-15/h4,8,10,14-15,23H,1-3,5-7,9,11H2/t14-,15+/m0/s1. The van der Waals surface area contributed by atoms with Gasteiger partial charge in [0.05, 0.1) is 24.3 Å². The summed E-state index contributed by atoms with van der Waals surface area (Å²) in [5.41, 5.74) is 2.46. The molecule has 0 unspecified atom stereocenters. The van der Waals surface area contributed by atoms with Crippen LogP contribution in [0.15, 0.2) is 27.6 Å². The molecule has 0 aromatic carbocycles. The van der Waals surface area contributed by atoms with Crippen molar-refractivity contribution in [3.63, 3.8) is 0 Å². The van der Waals surface area contributed by atoms with E-state index in [1.54, 1.807) is 15.3 Å². The molecule has 25 heavy (non-hydrogen) atoms. The maximum atomic E-state index is 13.2. The van der Waals surface area contributed by atoms with Gasteiger partial charge in [-0.25, -0.2) is 14.3 Å². The van der Waals surface area contributed by atoms with Gasteiger partial charge in [0.1, 0.15) is 0 Å². The molecule has 0 spiro atoms. The second-order valence-electron chi connectivity index (χ2n) is 6.84. The summed E-state index contributed by atoms with van der Waals surface area (Å²) in [6.45, 7) is 0.969. The summed E-state index contributed by atoms with van der Waals surface area (Å²) in [5, 5.41) is 9.89. The average Bonchev–Trinajstić information content (AvgIpc) is 2.87. The number of hydrogen-bond donors (Lipinski definition) is 1. The number of allylic oxidation sites excluding steroid dienone is 2. The van der Waals surface area contributed by atoms with Crippen molar-refractivity contribution < 1.29 is 9.84 Å². The van der Waals surface area contributed by atoms with Crippen LogP contribution in [-0.4, -0.2) is 38.0 Å². The highest BCUT2D eigenvalue weighted by molar-refractivity contribution is 9.10. The molecule has 1 saturated heterocycles. The molecule has 0 radical (unpaired) electrons. The van der Waals surface area contributed by atoms with E-state index in [0.29, 0.717) is 31.6 Å². The smallest absolute Gasteiger partial charge is 0.334 e. The number of fused-ring (bicyclic) bond motifs is 1. The van der Waals surface area contributed by atoms with Crippen LogP contribution in [0, 0.1) is 0 Å². The third-order valence-corrected chi connectivity index (χ3v) is 5.45. The molecule has 7 heteroatoms. The van der Waals surface area contributed by atoms with Gasteiger partial charge in [0, 0.05) is 29.4 Å². The van der Waals surface area contributed by atoms with Gasteiger partial charge in [-0.15, -0.1) is 0 Å². The molecule has 0 saturated carbocycles. The number of aromatic nitrogens is 3. The van der Waals surface area contributed by atoms with Gasteiger partial charge in [-0.05, 0) is 54.1 Å². The molecular weight excluding hydrogens is 386 g/mol.